The van der Waals surface area contributed by atoms with Crippen LogP contribution in [0.3, 0.4) is 0 Å². The maximum Gasteiger partial charge on any atom is 0.268 e. The number of rotatable bonds is 38. The van der Waals surface area contributed by atoms with E-state index in [1.54, 1.807) is 6.08 Å². The van der Waals surface area contributed by atoms with Crippen LogP contribution in [0.1, 0.15) is 155 Å². The predicted molar refractivity (Wildman–Crippen MR) is 237 cm³/mol. The number of carbonyl (C=O) groups excluding carboxylic acids is 1. The van der Waals surface area contributed by atoms with Crippen LogP contribution in [-0.2, 0) is 18.4 Å². The molecule has 0 aromatic carbocycles. The summed E-state index contributed by atoms with van der Waals surface area (Å²) < 4.78 is 23.1. The molecule has 0 rings (SSSR count). The van der Waals surface area contributed by atoms with Crippen LogP contribution >= 0.6 is 7.82 Å². The largest absolute Gasteiger partial charge is 0.756 e. The maximum atomic E-state index is 12.8. The first-order chi connectivity index (χ1) is 27.0. The number of allylic oxidation sites excluding steroid dienone is 13. The highest BCUT2D eigenvalue weighted by Crippen LogP contribution is 2.38. The molecule has 9 heteroatoms. The molecule has 0 heterocycles. The molecular formula is C47H83N2O6P. The summed E-state index contributed by atoms with van der Waals surface area (Å²) in [5.41, 5.74) is 0. The lowest BCUT2D eigenvalue weighted by molar-refractivity contribution is -0.870. The molecule has 0 spiro atoms. The first-order valence-corrected chi connectivity index (χ1v) is 23.4. The molecule has 0 aliphatic rings. The molecule has 0 aromatic rings. The highest BCUT2D eigenvalue weighted by atomic mass is 31.2. The van der Waals surface area contributed by atoms with Crippen LogP contribution < -0.4 is 10.2 Å². The van der Waals surface area contributed by atoms with Crippen LogP contribution in [0.4, 0.5) is 0 Å². The molecule has 0 fully saturated rings. The molecule has 56 heavy (non-hydrogen) atoms. The molecule has 322 valence electrons. The summed E-state index contributed by atoms with van der Waals surface area (Å²) in [5.74, 6) is -0.243. The van der Waals surface area contributed by atoms with Crippen molar-refractivity contribution in [3.8, 4) is 0 Å². The fourth-order valence-corrected chi connectivity index (χ4v) is 6.33. The summed E-state index contributed by atoms with van der Waals surface area (Å²) in [4.78, 5) is 25.3. The third-order valence-electron chi connectivity index (χ3n) is 9.09. The Balaban J connectivity index is 4.57. The second-order valence-corrected chi connectivity index (χ2v) is 17.1. The zero-order valence-electron chi connectivity index (χ0n) is 36.3. The number of nitrogens with one attached hydrogen (secondary N) is 1. The first-order valence-electron chi connectivity index (χ1n) is 21.9. The first kappa shape index (κ1) is 53.7. The molecule has 0 saturated heterocycles. The molecule has 1 amide bonds. The van der Waals surface area contributed by atoms with Gasteiger partial charge < -0.3 is 28.8 Å². The van der Waals surface area contributed by atoms with Gasteiger partial charge in [-0.25, -0.2) is 0 Å². The number of amides is 1. The summed E-state index contributed by atoms with van der Waals surface area (Å²) in [6.45, 7) is 4.45. The number of aliphatic hydroxyl groups excluding tert-OH is 1. The van der Waals surface area contributed by atoms with Crippen LogP contribution in [0, 0.1) is 0 Å². The van der Waals surface area contributed by atoms with Gasteiger partial charge in [-0.2, -0.15) is 0 Å². The Hall–Kier alpha value is -2.32. The summed E-state index contributed by atoms with van der Waals surface area (Å²) >= 11 is 0. The van der Waals surface area contributed by atoms with Crippen LogP contribution in [0.5, 0.6) is 0 Å². The van der Waals surface area contributed by atoms with Gasteiger partial charge in [0, 0.05) is 6.42 Å². The van der Waals surface area contributed by atoms with Crippen molar-refractivity contribution in [2.45, 2.75) is 167 Å². The number of phosphoric ester groups is 1. The molecule has 3 unspecified atom stereocenters. The van der Waals surface area contributed by atoms with Gasteiger partial charge in [-0.1, -0.05) is 157 Å². The van der Waals surface area contributed by atoms with E-state index < -0.39 is 26.6 Å². The van der Waals surface area contributed by atoms with Crippen LogP contribution in [0.25, 0.3) is 0 Å². The molecule has 8 nitrogen and oxygen atoms in total. The van der Waals surface area contributed by atoms with E-state index in [2.05, 4.69) is 92.1 Å². The standard InChI is InChI=1S/C47H83N2O6P/c1-6-8-10-12-14-16-18-20-22-23-24-25-27-29-31-33-35-37-39-41-47(51)48-45(44-55-56(52,53)54-43-42-49(3,4)5)46(50)40-38-36-34-32-30-28-26-21-19-17-15-13-11-9-7-2/h8,10,14,16,20,22,24-25,29-32,38,40,45-46,50H,6-7,9,11-13,15,17-19,21,23,26-28,33-37,39,41-44H2,1-5H3,(H-,48,51,52,53)/b10-8-,16-14-,22-20-,25-24-,31-29-,32-30+,40-38+. The minimum atomic E-state index is -4.61. The zero-order chi connectivity index (χ0) is 41.4. The van der Waals surface area contributed by atoms with Crippen LogP contribution in [-0.4, -0.2) is 68.5 Å². The van der Waals surface area contributed by atoms with E-state index in [0.717, 1.165) is 70.6 Å². The van der Waals surface area contributed by atoms with Gasteiger partial charge >= 0.3 is 0 Å². The fourth-order valence-electron chi connectivity index (χ4n) is 5.60. The third-order valence-corrected chi connectivity index (χ3v) is 10.1. The average molecular weight is 803 g/mol. The lowest BCUT2D eigenvalue weighted by Crippen LogP contribution is -2.45. The van der Waals surface area contributed by atoms with Gasteiger partial charge in [0.1, 0.15) is 13.2 Å². The van der Waals surface area contributed by atoms with Gasteiger partial charge in [-0.05, 0) is 77.0 Å². The Morgan fingerprint density at radius 2 is 1.11 bits per heavy atom. The van der Waals surface area contributed by atoms with E-state index in [-0.39, 0.29) is 18.9 Å². The van der Waals surface area contributed by atoms with Crippen molar-refractivity contribution >= 4 is 13.7 Å². The van der Waals surface area contributed by atoms with E-state index in [0.29, 0.717) is 17.4 Å². The summed E-state index contributed by atoms with van der Waals surface area (Å²) in [6.07, 6.45) is 52.0. The number of hydrogen-bond donors (Lipinski definition) is 2. The summed E-state index contributed by atoms with van der Waals surface area (Å²) in [5, 5.41) is 13.7. The van der Waals surface area contributed by atoms with Gasteiger partial charge in [0.05, 0.1) is 39.9 Å². The highest BCUT2D eigenvalue weighted by molar-refractivity contribution is 7.45. The van der Waals surface area contributed by atoms with Gasteiger partial charge in [0.2, 0.25) is 5.91 Å². The average Bonchev–Trinajstić information content (AvgIpc) is 3.15. The molecule has 0 aromatic heterocycles. The number of phosphoric acid groups is 1. The van der Waals surface area contributed by atoms with Crippen molar-refractivity contribution in [3.63, 3.8) is 0 Å². The quantitative estimate of drug-likeness (QED) is 0.0279. The van der Waals surface area contributed by atoms with E-state index in [1.165, 1.54) is 57.8 Å². The SMILES string of the molecule is CC/C=C\C/C=C\C/C=C\C/C=C\C/C=C\CCCCCC(=O)NC(COP(=O)([O-])OCC[N+](C)(C)C)C(O)/C=C/CC/C=C/CCCCCCCCCCC. The second-order valence-electron chi connectivity index (χ2n) is 15.7. The van der Waals surface area contributed by atoms with Crippen molar-refractivity contribution in [2.75, 3.05) is 40.9 Å². The monoisotopic (exact) mass is 803 g/mol. The van der Waals surface area contributed by atoms with E-state index in [9.17, 15) is 19.4 Å². The summed E-state index contributed by atoms with van der Waals surface area (Å²) in [7, 11) is 1.20. The van der Waals surface area contributed by atoms with Crippen molar-refractivity contribution in [1.82, 2.24) is 5.32 Å². The predicted octanol–water partition coefficient (Wildman–Crippen LogP) is 11.6. The number of likely N-dealkylation sites (N-methyl/N-ethyl adjacent to an activating group) is 1. The molecule has 2 N–H and O–H groups in total. The number of hydrogen-bond acceptors (Lipinski definition) is 6. The van der Waals surface area contributed by atoms with E-state index >= 15 is 0 Å². The van der Waals surface area contributed by atoms with Gasteiger partial charge in [-0.15, -0.1) is 0 Å². The number of unbranched alkanes of at least 4 members (excludes halogenated alkanes) is 13. The molecule has 0 bridgehead atoms. The second kappa shape index (κ2) is 38.2. The lowest BCUT2D eigenvalue weighted by Gasteiger charge is -2.29. The topological polar surface area (TPSA) is 108 Å². The van der Waals surface area contributed by atoms with Gasteiger partial charge in [0.15, 0.2) is 0 Å². The molecule has 0 radical (unpaired) electrons. The molecular weight excluding hydrogens is 719 g/mol. The fraction of sp³-hybridized carbons (Fsp3) is 0.681. The lowest BCUT2D eigenvalue weighted by atomic mass is 10.1. The maximum absolute atomic E-state index is 12.8. The van der Waals surface area contributed by atoms with E-state index in [1.807, 2.05) is 27.2 Å². The number of carbonyl (C=O) groups is 1. The minimum absolute atomic E-state index is 0.0178. The Kier molecular flexibility index (Phi) is 36.6. The van der Waals surface area contributed by atoms with Crippen molar-refractivity contribution in [3.05, 3.63) is 85.1 Å². The smallest absolute Gasteiger partial charge is 0.268 e. The van der Waals surface area contributed by atoms with E-state index in [4.69, 9.17) is 9.05 Å². The number of aliphatic hydroxyl groups is 1. The van der Waals surface area contributed by atoms with Gasteiger partial charge in [-0.3, -0.25) is 9.36 Å². The van der Waals surface area contributed by atoms with Crippen LogP contribution in [0.15, 0.2) is 85.1 Å². The zero-order valence-corrected chi connectivity index (χ0v) is 37.2. The Bertz CT molecular complexity index is 1180. The van der Waals surface area contributed by atoms with Crippen LogP contribution in [0.2, 0.25) is 0 Å². The highest BCUT2D eigenvalue weighted by Gasteiger charge is 2.23. The van der Waals surface area contributed by atoms with Crippen molar-refractivity contribution < 1.29 is 32.9 Å². The molecule has 0 aliphatic carbocycles. The normalized spacial score (nSPS) is 15.2. The summed E-state index contributed by atoms with van der Waals surface area (Å²) in [6, 6.07) is -0.925. The Labute approximate surface area is 344 Å². The van der Waals surface area contributed by atoms with Crippen molar-refractivity contribution in [2.24, 2.45) is 0 Å². The molecule has 0 aliphatic heterocycles. The minimum Gasteiger partial charge on any atom is -0.756 e. The molecule has 3 atom stereocenters. The molecule has 0 saturated carbocycles. The van der Waals surface area contributed by atoms with Crippen molar-refractivity contribution in [1.29, 1.82) is 0 Å². The number of nitrogens with zero attached hydrogens (tertiary/aromatic N) is 1. The van der Waals surface area contributed by atoms with Gasteiger partial charge in [0.25, 0.3) is 7.82 Å². The third kappa shape index (κ3) is 39.9. The Morgan fingerprint density at radius 3 is 1.66 bits per heavy atom. The number of quaternary nitrogens is 1. The Morgan fingerprint density at radius 1 is 0.643 bits per heavy atom.